The van der Waals surface area contributed by atoms with E-state index < -0.39 is 0 Å². The molecular weight excluding hydrogens is 261 g/mol. The Morgan fingerprint density at radius 2 is 1.43 bits per heavy atom. The SMILES string of the molecule is CCC(O)CN.COB(c1ccccc1)c1ccccc1. The zero-order chi connectivity index (χ0) is 15.5. The Labute approximate surface area is 127 Å². The number of aliphatic hydroxyl groups excluding tert-OH is 1. The van der Waals surface area contributed by atoms with Gasteiger partial charge in [-0.25, -0.2) is 0 Å². The minimum atomic E-state index is -0.287. The molecule has 0 aliphatic rings. The lowest BCUT2D eigenvalue weighted by Crippen LogP contribution is -2.43. The van der Waals surface area contributed by atoms with Crippen LogP contribution in [0.2, 0.25) is 0 Å². The highest BCUT2D eigenvalue weighted by atomic mass is 16.4. The van der Waals surface area contributed by atoms with Gasteiger partial charge in [-0.3, -0.25) is 0 Å². The summed E-state index contributed by atoms with van der Waals surface area (Å²) in [5.74, 6) is 0. The molecule has 0 aliphatic heterocycles. The molecule has 0 saturated carbocycles. The molecule has 0 bridgehead atoms. The van der Waals surface area contributed by atoms with E-state index >= 15 is 0 Å². The van der Waals surface area contributed by atoms with E-state index in [0.717, 1.165) is 6.42 Å². The van der Waals surface area contributed by atoms with Crippen LogP contribution in [0.15, 0.2) is 60.7 Å². The molecule has 112 valence electrons. The van der Waals surface area contributed by atoms with Crippen LogP contribution in [0.3, 0.4) is 0 Å². The predicted molar refractivity (Wildman–Crippen MR) is 90.3 cm³/mol. The highest BCUT2D eigenvalue weighted by molar-refractivity contribution is 6.79. The van der Waals surface area contributed by atoms with Crippen molar-refractivity contribution < 1.29 is 9.76 Å². The van der Waals surface area contributed by atoms with Gasteiger partial charge in [0.1, 0.15) is 0 Å². The van der Waals surface area contributed by atoms with Gasteiger partial charge in [0, 0.05) is 13.7 Å². The van der Waals surface area contributed by atoms with Crippen LogP contribution in [0.5, 0.6) is 0 Å². The van der Waals surface area contributed by atoms with Gasteiger partial charge in [0.25, 0.3) is 0 Å². The van der Waals surface area contributed by atoms with E-state index in [9.17, 15) is 0 Å². The van der Waals surface area contributed by atoms with Crippen molar-refractivity contribution in [2.24, 2.45) is 5.73 Å². The van der Waals surface area contributed by atoms with Crippen LogP contribution in [-0.4, -0.2) is 31.8 Å². The lowest BCUT2D eigenvalue weighted by Gasteiger charge is -2.11. The molecule has 3 nitrogen and oxygen atoms in total. The van der Waals surface area contributed by atoms with Gasteiger partial charge >= 0.3 is 6.92 Å². The first-order chi connectivity index (χ1) is 10.2. The van der Waals surface area contributed by atoms with Gasteiger partial charge in [0.15, 0.2) is 0 Å². The maximum Gasteiger partial charge on any atom is 0.361 e. The van der Waals surface area contributed by atoms with E-state index in [1.165, 1.54) is 10.9 Å². The van der Waals surface area contributed by atoms with Gasteiger partial charge < -0.3 is 15.5 Å². The summed E-state index contributed by atoms with van der Waals surface area (Å²) in [5, 5.41) is 8.54. The maximum atomic E-state index is 8.54. The molecule has 0 heterocycles. The molecule has 2 aromatic carbocycles. The smallest absolute Gasteiger partial charge is 0.361 e. The first-order valence-corrected chi connectivity index (χ1v) is 7.23. The largest absolute Gasteiger partial charge is 0.430 e. The molecule has 0 fully saturated rings. The zero-order valence-electron chi connectivity index (χ0n) is 12.8. The summed E-state index contributed by atoms with van der Waals surface area (Å²) in [5.41, 5.74) is 7.41. The molecule has 2 aromatic rings. The number of aliphatic hydroxyl groups is 1. The Kier molecular flexibility index (Phi) is 8.44. The van der Waals surface area contributed by atoms with Crippen molar-refractivity contribution in [1.29, 1.82) is 0 Å². The molecule has 1 unspecified atom stereocenters. The summed E-state index contributed by atoms with van der Waals surface area (Å²) < 4.78 is 5.52. The summed E-state index contributed by atoms with van der Waals surface area (Å²) >= 11 is 0. The second-order valence-electron chi connectivity index (χ2n) is 4.73. The van der Waals surface area contributed by atoms with Crippen LogP contribution in [0.1, 0.15) is 13.3 Å². The Balaban J connectivity index is 0.000000315. The monoisotopic (exact) mass is 285 g/mol. The van der Waals surface area contributed by atoms with E-state index in [4.69, 9.17) is 15.5 Å². The number of hydrogen-bond acceptors (Lipinski definition) is 3. The fourth-order valence-corrected chi connectivity index (χ4v) is 1.89. The zero-order valence-corrected chi connectivity index (χ0v) is 12.8. The van der Waals surface area contributed by atoms with Crippen LogP contribution in [-0.2, 0) is 4.65 Å². The lowest BCUT2D eigenvalue weighted by atomic mass is 9.55. The fraction of sp³-hybridized carbons (Fsp3) is 0.294. The summed E-state index contributed by atoms with van der Waals surface area (Å²) in [4.78, 5) is 0. The molecule has 0 spiro atoms. The minimum absolute atomic E-state index is 0.0346. The van der Waals surface area contributed by atoms with E-state index in [0.29, 0.717) is 6.54 Å². The van der Waals surface area contributed by atoms with Crippen molar-refractivity contribution in [2.45, 2.75) is 19.4 Å². The number of hydrogen-bond donors (Lipinski definition) is 2. The molecule has 0 amide bonds. The van der Waals surface area contributed by atoms with Gasteiger partial charge in [-0.05, 0) is 17.3 Å². The topological polar surface area (TPSA) is 55.5 Å². The predicted octanol–water partition coefficient (Wildman–Crippen LogP) is 1.15. The minimum Gasteiger partial charge on any atom is -0.430 e. The van der Waals surface area contributed by atoms with Crippen LogP contribution < -0.4 is 16.7 Å². The highest BCUT2D eigenvalue weighted by Crippen LogP contribution is 1.92. The molecule has 0 aromatic heterocycles. The van der Waals surface area contributed by atoms with Gasteiger partial charge in [-0.2, -0.15) is 0 Å². The third-order valence-corrected chi connectivity index (χ3v) is 3.18. The summed E-state index contributed by atoms with van der Waals surface area (Å²) in [6, 6.07) is 20.5. The molecule has 21 heavy (non-hydrogen) atoms. The Morgan fingerprint density at radius 1 is 1.00 bits per heavy atom. The van der Waals surface area contributed by atoms with E-state index in [1.54, 1.807) is 7.11 Å². The van der Waals surface area contributed by atoms with Crippen molar-refractivity contribution >= 4 is 17.8 Å². The lowest BCUT2D eigenvalue weighted by molar-refractivity contribution is 0.179. The molecule has 0 radical (unpaired) electrons. The molecule has 3 N–H and O–H groups in total. The number of rotatable bonds is 5. The van der Waals surface area contributed by atoms with E-state index in [1.807, 2.05) is 43.3 Å². The number of benzene rings is 2. The van der Waals surface area contributed by atoms with E-state index in [-0.39, 0.29) is 13.0 Å². The average molecular weight is 285 g/mol. The molecule has 0 aliphatic carbocycles. The molecule has 4 heteroatoms. The first-order valence-electron chi connectivity index (χ1n) is 7.23. The van der Waals surface area contributed by atoms with Crippen LogP contribution in [0, 0.1) is 0 Å². The van der Waals surface area contributed by atoms with E-state index in [2.05, 4.69) is 24.3 Å². The summed E-state index contributed by atoms with van der Waals surface area (Å²) in [6.45, 7) is 2.32. The van der Waals surface area contributed by atoms with Gasteiger partial charge in [-0.15, -0.1) is 0 Å². The fourth-order valence-electron chi connectivity index (χ4n) is 1.89. The molecule has 1 atom stereocenters. The Morgan fingerprint density at radius 3 is 1.67 bits per heavy atom. The maximum absolute atomic E-state index is 8.54. The molecule has 0 saturated heterocycles. The highest BCUT2D eigenvalue weighted by Gasteiger charge is 2.18. The second-order valence-corrected chi connectivity index (χ2v) is 4.73. The van der Waals surface area contributed by atoms with Crippen LogP contribution >= 0.6 is 0 Å². The Bertz CT molecular complexity index is 435. The first kappa shape index (κ1) is 17.4. The quantitative estimate of drug-likeness (QED) is 0.810. The summed E-state index contributed by atoms with van der Waals surface area (Å²) in [6.07, 6.45) is 0.473. The molecule has 2 rings (SSSR count). The van der Waals surface area contributed by atoms with Crippen LogP contribution in [0.25, 0.3) is 0 Å². The van der Waals surface area contributed by atoms with Crippen molar-refractivity contribution in [1.82, 2.24) is 0 Å². The molecular formula is C17H24BNO2. The standard InChI is InChI=1S/C13H13BO.C4H11NO/c1-15-14(12-8-4-2-5-9-12)13-10-6-3-7-11-13;1-2-4(6)3-5/h2-11H,1H3;4,6H,2-3,5H2,1H3. The summed E-state index contributed by atoms with van der Waals surface area (Å²) in [7, 11) is 1.74. The van der Waals surface area contributed by atoms with Crippen LogP contribution in [0.4, 0.5) is 0 Å². The third kappa shape index (κ3) is 6.13. The Hall–Kier alpha value is -1.62. The van der Waals surface area contributed by atoms with Gasteiger partial charge in [0.05, 0.1) is 6.10 Å². The van der Waals surface area contributed by atoms with Crippen molar-refractivity contribution in [3.63, 3.8) is 0 Å². The van der Waals surface area contributed by atoms with Crippen molar-refractivity contribution in [2.75, 3.05) is 13.7 Å². The average Bonchev–Trinajstić information content (AvgIpc) is 2.57. The van der Waals surface area contributed by atoms with Gasteiger partial charge in [0.2, 0.25) is 0 Å². The second kappa shape index (κ2) is 10.2. The normalized spacial score (nSPS) is 11.2. The van der Waals surface area contributed by atoms with Crippen molar-refractivity contribution in [3.05, 3.63) is 60.7 Å². The third-order valence-electron chi connectivity index (χ3n) is 3.18. The van der Waals surface area contributed by atoms with Gasteiger partial charge in [-0.1, -0.05) is 67.6 Å². The number of nitrogens with two attached hydrogens (primary N) is 1. The van der Waals surface area contributed by atoms with Crippen molar-refractivity contribution in [3.8, 4) is 0 Å².